The van der Waals surface area contributed by atoms with Crippen LogP contribution in [0, 0.1) is 0 Å². The quantitative estimate of drug-likeness (QED) is 0.172. The van der Waals surface area contributed by atoms with E-state index in [1.807, 2.05) is 28.0 Å². The Labute approximate surface area is 254 Å². The van der Waals surface area contributed by atoms with E-state index in [4.69, 9.17) is 39.5 Å². The minimum absolute atomic E-state index is 0.139. The van der Waals surface area contributed by atoms with Crippen molar-refractivity contribution in [1.29, 1.82) is 0 Å². The standard InChI is InChI=1S/C28H36Cl3N5O5/c1-3-35-22(16-20-10-9-19(15-24(20)35)17-32-33-27(39)41-28(29,30)31)12-11-21-7-5-14-36(21)26(38)23-8-6-13-34(23)18-25(37)40-4-2/h9-10,15-17,21,23H,3-8,11-14,18H2,1-2H3,(H,33,39)/t21-,23+/m0/s1. The number of alkyl halides is 3. The van der Waals surface area contributed by atoms with Crippen LogP contribution in [-0.4, -0.2) is 80.9 Å². The third kappa shape index (κ3) is 8.28. The summed E-state index contributed by atoms with van der Waals surface area (Å²) in [6.07, 6.45) is 5.87. The number of amides is 2. The molecule has 2 aromatic rings. The molecule has 2 atom stereocenters. The first-order valence-electron chi connectivity index (χ1n) is 14.0. The number of hydrazone groups is 1. The molecule has 224 valence electrons. The second-order valence-electron chi connectivity index (χ2n) is 10.2. The van der Waals surface area contributed by atoms with Crippen molar-refractivity contribution in [3.05, 3.63) is 35.5 Å². The van der Waals surface area contributed by atoms with Gasteiger partial charge in [0.15, 0.2) is 0 Å². The number of rotatable bonds is 10. The predicted molar refractivity (Wildman–Crippen MR) is 159 cm³/mol. The Bertz CT molecular complexity index is 1280. The van der Waals surface area contributed by atoms with Crippen molar-refractivity contribution < 1.29 is 23.9 Å². The molecule has 0 saturated carbocycles. The highest BCUT2D eigenvalue weighted by atomic mass is 35.6. The summed E-state index contributed by atoms with van der Waals surface area (Å²) >= 11 is 16.3. The largest absolute Gasteiger partial charge is 0.465 e. The lowest BCUT2D eigenvalue weighted by Gasteiger charge is -2.31. The molecule has 0 unspecified atom stereocenters. The number of hydrogen-bond donors (Lipinski definition) is 1. The number of likely N-dealkylation sites (tertiary alicyclic amines) is 2. The van der Waals surface area contributed by atoms with Crippen LogP contribution in [0.5, 0.6) is 0 Å². The molecule has 2 fully saturated rings. The molecule has 13 heteroatoms. The molecule has 2 amide bonds. The molecule has 1 aromatic carbocycles. The van der Waals surface area contributed by atoms with E-state index in [1.165, 1.54) is 11.9 Å². The summed E-state index contributed by atoms with van der Waals surface area (Å²) in [5.74, 6) is -0.133. The van der Waals surface area contributed by atoms with Crippen LogP contribution >= 0.6 is 34.8 Å². The first kappa shape index (κ1) is 31.4. The topological polar surface area (TPSA) is 105 Å². The van der Waals surface area contributed by atoms with Crippen molar-refractivity contribution in [3.8, 4) is 0 Å². The van der Waals surface area contributed by atoms with Crippen LogP contribution in [-0.2, 0) is 32.0 Å². The van der Waals surface area contributed by atoms with Gasteiger partial charge in [-0.25, -0.2) is 10.2 Å². The maximum Gasteiger partial charge on any atom is 0.431 e. The van der Waals surface area contributed by atoms with Gasteiger partial charge in [-0.05, 0) is 117 Å². The van der Waals surface area contributed by atoms with Crippen molar-refractivity contribution >= 4 is 69.9 Å². The molecule has 0 spiro atoms. The third-order valence-electron chi connectivity index (χ3n) is 7.59. The monoisotopic (exact) mass is 627 g/mol. The molecule has 4 rings (SSSR count). The summed E-state index contributed by atoms with van der Waals surface area (Å²) in [4.78, 5) is 41.3. The van der Waals surface area contributed by atoms with E-state index < -0.39 is 10.1 Å². The molecule has 41 heavy (non-hydrogen) atoms. The molecule has 2 saturated heterocycles. The van der Waals surface area contributed by atoms with Gasteiger partial charge in [-0.15, -0.1) is 0 Å². The number of carbonyl (C=O) groups excluding carboxylic acids is 3. The second kappa shape index (κ2) is 14.1. The predicted octanol–water partition coefficient (Wildman–Crippen LogP) is 5.00. The molecule has 0 aliphatic carbocycles. The highest BCUT2D eigenvalue weighted by Gasteiger charge is 2.38. The van der Waals surface area contributed by atoms with Gasteiger partial charge in [0.2, 0.25) is 5.91 Å². The van der Waals surface area contributed by atoms with Crippen molar-refractivity contribution in [2.75, 3.05) is 26.2 Å². The molecular weight excluding hydrogens is 593 g/mol. The molecule has 3 heterocycles. The van der Waals surface area contributed by atoms with Crippen molar-refractivity contribution in [1.82, 2.24) is 19.8 Å². The van der Waals surface area contributed by atoms with Gasteiger partial charge >= 0.3 is 16.0 Å². The molecule has 2 aliphatic rings. The maximum atomic E-state index is 13.6. The Morgan fingerprint density at radius 1 is 1.12 bits per heavy atom. The molecular formula is C28H36Cl3N5O5. The Morgan fingerprint density at radius 2 is 1.90 bits per heavy atom. The van der Waals surface area contributed by atoms with Gasteiger partial charge in [0, 0.05) is 30.3 Å². The minimum Gasteiger partial charge on any atom is -0.465 e. The summed E-state index contributed by atoms with van der Waals surface area (Å²) in [5.41, 5.74) is 5.19. The van der Waals surface area contributed by atoms with Crippen LogP contribution in [0.25, 0.3) is 10.9 Å². The Hall–Kier alpha value is -2.53. The number of nitrogens with one attached hydrogen (secondary N) is 1. The number of fused-ring (bicyclic) bond motifs is 1. The smallest absolute Gasteiger partial charge is 0.431 e. The number of hydrogen-bond acceptors (Lipinski definition) is 7. The van der Waals surface area contributed by atoms with Gasteiger partial charge in [0.05, 0.1) is 25.4 Å². The highest BCUT2D eigenvalue weighted by Crippen LogP contribution is 2.29. The number of benzene rings is 1. The van der Waals surface area contributed by atoms with Gasteiger partial charge in [-0.1, -0.05) is 12.1 Å². The number of aromatic nitrogens is 1. The molecule has 2 aliphatic heterocycles. The normalized spacial score (nSPS) is 19.8. The number of aryl methyl sites for hydroxylation is 2. The zero-order valence-electron chi connectivity index (χ0n) is 23.3. The number of halogens is 3. The Balaban J connectivity index is 1.40. The number of esters is 1. The van der Waals surface area contributed by atoms with E-state index in [9.17, 15) is 14.4 Å². The van der Waals surface area contributed by atoms with Crippen LogP contribution in [0.2, 0.25) is 0 Å². The SMILES string of the molecule is CCOC(=O)CN1CCC[C@@H]1C(=O)N1CCC[C@H]1CCc1cc2ccc(C=NNC(=O)OC(Cl)(Cl)Cl)cc2n1CC. The minimum atomic E-state index is -2.17. The second-order valence-corrected chi connectivity index (χ2v) is 12.4. The van der Waals surface area contributed by atoms with Crippen LogP contribution < -0.4 is 5.43 Å². The van der Waals surface area contributed by atoms with E-state index in [2.05, 4.69) is 32.8 Å². The average Bonchev–Trinajstić information content (AvgIpc) is 3.64. The summed E-state index contributed by atoms with van der Waals surface area (Å²) in [6, 6.07) is 8.03. The third-order valence-corrected chi connectivity index (χ3v) is 7.82. The molecule has 10 nitrogen and oxygen atoms in total. The fourth-order valence-electron chi connectivity index (χ4n) is 5.88. The lowest BCUT2D eigenvalue weighted by Crippen LogP contribution is -2.48. The van der Waals surface area contributed by atoms with Crippen LogP contribution in [0.3, 0.4) is 0 Å². The van der Waals surface area contributed by atoms with E-state index in [1.54, 1.807) is 6.92 Å². The molecule has 0 radical (unpaired) electrons. The van der Waals surface area contributed by atoms with Gasteiger partial charge in [0.25, 0.3) is 0 Å². The number of nitrogens with zero attached hydrogens (tertiary/aromatic N) is 4. The summed E-state index contributed by atoms with van der Waals surface area (Å²) < 4.78 is 9.73. The van der Waals surface area contributed by atoms with Crippen LogP contribution in [0.4, 0.5) is 4.79 Å². The number of ether oxygens (including phenoxy) is 2. The van der Waals surface area contributed by atoms with Crippen molar-refractivity contribution in [2.24, 2.45) is 5.10 Å². The first-order valence-corrected chi connectivity index (χ1v) is 15.1. The zero-order valence-corrected chi connectivity index (χ0v) is 25.6. The fourth-order valence-corrected chi connectivity index (χ4v) is 6.09. The Kier molecular flexibility index (Phi) is 10.8. The van der Waals surface area contributed by atoms with E-state index >= 15 is 0 Å². The van der Waals surface area contributed by atoms with Crippen LogP contribution in [0.15, 0.2) is 29.4 Å². The van der Waals surface area contributed by atoms with E-state index in [-0.39, 0.29) is 30.5 Å². The highest BCUT2D eigenvalue weighted by molar-refractivity contribution is 6.66. The van der Waals surface area contributed by atoms with Gasteiger partial charge in [0.1, 0.15) is 0 Å². The maximum absolute atomic E-state index is 13.6. The summed E-state index contributed by atoms with van der Waals surface area (Å²) in [7, 11) is 0. The van der Waals surface area contributed by atoms with Gasteiger partial charge < -0.3 is 18.9 Å². The van der Waals surface area contributed by atoms with Crippen molar-refractivity contribution in [2.45, 2.75) is 75.0 Å². The number of carbonyl (C=O) groups is 3. The first-order chi connectivity index (χ1) is 19.6. The van der Waals surface area contributed by atoms with Crippen molar-refractivity contribution in [3.63, 3.8) is 0 Å². The van der Waals surface area contributed by atoms with E-state index in [0.717, 1.165) is 74.6 Å². The molecule has 0 bridgehead atoms. The summed E-state index contributed by atoms with van der Waals surface area (Å²) in [5, 5.41) is 4.97. The Morgan fingerprint density at radius 3 is 2.63 bits per heavy atom. The lowest BCUT2D eigenvalue weighted by atomic mass is 10.1. The molecule has 1 N–H and O–H groups in total. The fraction of sp³-hybridized carbons (Fsp3) is 0.571. The summed E-state index contributed by atoms with van der Waals surface area (Å²) in [6.45, 7) is 6.69. The average molecular weight is 629 g/mol. The van der Waals surface area contributed by atoms with E-state index in [0.29, 0.717) is 6.61 Å². The zero-order chi connectivity index (χ0) is 29.6. The van der Waals surface area contributed by atoms with Crippen LogP contribution in [0.1, 0.15) is 57.2 Å². The van der Waals surface area contributed by atoms with Gasteiger partial charge in [-0.2, -0.15) is 5.10 Å². The lowest BCUT2D eigenvalue weighted by molar-refractivity contribution is -0.146. The molecule has 1 aromatic heterocycles. The van der Waals surface area contributed by atoms with Gasteiger partial charge in [-0.3, -0.25) is 14.5 Å².